The van der Waals surface area contributed by atoms with Crippen LogP contribution in [0.2, 0.25) is 0 Å². The summed E-state index contributed by atoms with van der Waals surface area (Å²) in [6.07, 6.45) is 0. The molecule has 0 aliphatic rings. The Bertz CT molecular complexity index is 4940. The molecule has 0 aliphatic carbocycles. The first-order valence-corrected chi connectivity index (χ1v) is 32.8. The molecule has 4 aromatic carbocycles. The van der Waals surface area contributed by atoms with E-state index >= 15 is 8.78 Å². The Kier molecular flexibility index (Phi) is 12.4. The number of aryl methyl sites for hydroxylation is 4. The van der Waals surface area contributed by atoms with Crippen molar-refractivity contribution in [3.05, 3.63) is 128 Å². The quantitative estimate of drug-likeness (QED) is 0.117. The van der Waals surface area contributed by atoms with Gasteiger partial charge in [0.1, 0.15) is 33.7 Å². The van der Waals surface area contributed by atoms with Crippen LogP contribution in [0.15, 0.2) is 72.8 Å². The molecule has 80 heavy (non-hydrogen) atoms. The molecule has 0 bridgehead atoms. The van der Waals surface area contributed by atoms with Crippen molar-refractivity contribution in [2.75, 3.05) is 0 Å². The molecule has 14 rings (SSSR count). The Morgan fingerprint density at radius 2 is 0.750 bits per heavy atom. The fourth-order valence-electron chi connectivity index (χ4n) is 11.0. The third kappa shape index (κ3) is 8.00. The summed E-state index contributed by atoms with van der Waals surface area (Å²) in [6.45, 7) is 14.3. The highest BCUT2D eigenvalue weighted by atomic mass is 32.1. The van der Waals surface area contributed by atoms with E-state index in [-0.39, 0.29) is 29.0 Å². The Morgan fingerprint density at radius 1 is 0.362 bits per heavy atom. The minimum Gasteiger partial charge on any atom is -0.294 e. The highest BCUT2D eigenvalue weighted by Gasteiger charge is 2.30. The molecule has 0 amide bonds. The van der Waals surface area contributed by atoms with Crippen LogP contribution in [0.4, 0.5) is 8.78 Å². The molecule has 0 fully saturated rings. The Labute approximate surface area is 494 Å². The summed E-state index contributed by atoms with van der Waals surface area (Å²) in [5.74, 6) is -1.17. The van der Waals surface area contributed by atoms with Crippen molar-refractivity contribution in [1.82, 2.24) is 17.5 Å². The van der Waals surface area contributed by atoms with Crippen molar-refractivity contribution in [1.29, 1.82) is 0 Å². The normalized spacial score (nSPS) is 12.1. The largest absolute Gasteiger partial charge is 0.294 e. The maximum Gasteiger partial charge on any atom is 0.161 e. The van der Waals surface area contributed by atoms with E-state index in [9.17, 15) is 19.2 Å². The maximum absolute atomic E-state index is 16.9. The first kappa shape index (κ1) is 51.8. The van der Waals surface area contributed by atoms with Crippen molar-refractivity contribution in [2.45, 2.75) is 55.4 Å². The summed E-state index contributed by atoms with van der Waals surface area (Å²) in [4.78, 5) is 64.8. The van der Waals surface area contributed by atoms with Gasteiger partial charge in [0.2, 0.25) is 0 Å². The van der Waals surface area contributed by atoms with Crippen LogP contribution in [-0.4, -0.2) is 40.6 Å². The molecule has 20 heteroatoms. The van der Waals surface area contributed by atoms with E-state index in [0.717, 1.165) is 118 Å². The number of hydrogen-bond acceptors (Lipinski definition) is 18. The van der Waals surface area contributed by atoms with Gasteiger partial charge in [0, 0.05) is 132 Å². The molecule has 8 nitrogen and oxygen atoms in total. The number of hydrogen-bond donors (Lipinski definition) is 0. The number of rotatable bonds is 11. The van der Waals surface area contributed by atoms with Crippen LogP contribution in [0.1, 0.15) is 90.0 Å². The number of fused-ring (bicyclic) bond motifs is 6. The molecular formula is C60H36F2N4O4S10. The molecule has 0 saturated carbocycles. The fourth-order valence-corrected chi connectivity index (χ4v) is 21.8. The van der Waals surface area contributed by atoms with E-state index in [1.54, 1.807) is 33.8 Å². The lowest BCUT2D eigenvalue weighted by Crippen LogP contribution is -1.99. The monoisotopic (exact) mass is 1230 g/mol. The summed E-state index contributed by atoms with van der Waals surface area (Å²) in [7, 11) is 0. The zero-order valence-electron chi connectivity index (χ0n) is 43.2. The average molecular weight is 1240 g/mol. The van der Waals surface area contributed by atoms with Gasteiger partial charge >= 0.3 is 0 Å². The summed E-state index contributed by atoms with van der Waals surface area (Å²) >= 11 is 14.0. The number of carbonyl (C=O) groups is 4. The molecule has 10 heterocycles. The van der Waals surface area contributed by atoms with Crippen LogP contribution in [0.3, 0.4) is 0 Å². The molecule has 0 saturated heterocycles. The second-order valence-corrected chi connectivity index (χ2v) is 29.6. The fraction of sp³-hybridized carbons (Fsp3) is 0.133. The zero-order valence-corrected chi connectivity index (χ0v) is 51.4. The van der Waals surface area contributed by atoms with Crippen LogP contribution in [0, 0.1) is 39.3 Å². The van der Waals surface area contributed by atoms with Crippen LogP contribution in [0.25, 0.3) is 133 Å². The Morgan fingerprint density at radius 3 is 1.20 bits per heavy atom. The molecular weight excluding hydrogens is 1200 g/mol. The molecule has 0 spiro atoms. The highest BCUT2D eigenvalue weighted by Crippen LogP contribution is 2.53. The van der Waals surface area contributed by atoms with E-state index in [1.165, 1.54) is 96.8 Å². The molecule has 14 aromatic rings. The standard InChI is InChI=1S/C60H36F2N4O4S10/c1-21-13-40(29-16-35(61)49(38-10-9-23(3)71-38)53-51(29)63-79-65-53)74-55(21)43-19-33-47(27(7)69)60-34(48(28(8)70)59(33)77-43)20-44(78-60)56-22(2)14-41(75-56)30-17-36(62)50(54-52(30)64-80-66-54)39-12-11-37(73-39)42-18-32-46(26(6)68)57-31(15-24(4)72-57)45(25(5)67)58(32)76-42/h9-20H,1-8H3. The van der Waals surface area contributed by atoms with Crippen LogP contribution in [-0.2, 0) is 0 Å². The van der Waals surface area contributed by atoms with Gasteiger partial charge in [-0.15, -0.1) is 90.7 Å². The SMILES string of the molecule is CC(=O)c1c2cc(-c3ccc(-c4c(F)cc(-c5cc(C)c(-c6cc7c(C(C)=O)c8sc(-c9sc(-c%10cc(F)c(-c%11ccc(C)s%11)c%11nsnc%10%11)cc9C)cc8c(C(C)=O)c7s6)s5)c5nsnc45)s3)sc2c(C(C)=O)c2cc(C)sc12. The van der Waals surface area contributed by atoms with Gasteiger partial charge in [-0.1, -0.05) is 0 Å². The van der Waals surface area contributed by atoms with Gasteiger partial charge < -0.3 is 0 Å². The Balaban J connectivity index is 0.822. The van der Waals surface area contributed by atoms with Gasteiger partial charge in [-0.05, 0) is 139 Å². The van der Waals surface area contributed by atoms with E-state index in [1.807, 2.05) is 88.4 Å². The van der Waals surface area contributed by atoms with Crippen LogP contribution >= 0.6 is 114 Å². The third-order valence-electron chi connectivity index (χ3n) is 14.3. The van der Waals surface area contributed by atoms with Crippen molar-refractivity contribution in [3.63, 3.8) is 0 Å². The predicted octanol–water partition coefficient (Wildman–Crippen LogP) is 20.8. The van der Waals surface area contributed by atoms with Crippen molar-refractivity contribution < 1.29 is 28.0 Å². The molecule has 0 unspecified atom stereocenters. The van der Waals surface area contributed by atoms with E-state index in [2.05, 4.69) is 13.1 Å². The number of ketones is 4. The number of Topliss-reactive ketones (excluding diaryl/α,β-unsaturated/α-hetero) is 4. The average Bonchev–Trinajstić information content (AvgIpc) is 4.42. The summed E-state index contributed by atoms with van der Waals surface area (Å²) in [5, 5.41) is 2.97. The van der Waals surface area contributed by atoms with E-state index in [0.29, 0.717) is 82.2 Å². The third-order valence-corrected chi connectivity index (χ3v) is 25.1. The summed E-state index contributed by atoms with van der Waals surface area (Å²) < 4.78 is 54.7. The number of benzene rings is 4. The van der Waals surface area contributed by atoms with Gasteiger partial charge in [-0.25, -0.2) is 8.78 Å². The molecule has 10 aromatic heterocycles. The summed E-state index contributed by atoms with van der Waals surface area (Å²) in [6, 6.07) is 22.9. The maximum atomic E-state index is 16.9. The number of nitrogens with zero attached hydrogens (tertiary/aromatic N) is 4. The second-order valence-electron chi connectivity index (χ2n) is 19.7. The first-order valence-electron chi connectivity index (χ1n) is 24.8. The Hall–Kier alpha value is -6.30. The number of thiophene rings is 8. The smallest absolute Gasteiger partial charge is 0.161 e. The molecule has 0 atom stereocenters. The molecule has 0 aliphatic heterocycles. The lowest BCUT2D eigenvalue weighted by molar-refractivity contribution is 0.101. The molecule has 0 N–H and O–H groups in total. The lowest BCUT2D eigenvalue weighted by Gasteiger charge is -2.06. The van der Waals surface area contributed by atoms with Gasteiger partial charge in [0.25, 0.3) is 0 Å². The minimum atomic E-state index is -0.445. The second kappa shape index (κ2) is 19.2. The lowest BCUT2D eigenvalue weighted by atomic mass is 9.97. The van der Waals surface area contributed by atoms with Gasteiger partial charge in [0.15, 0.2) is 23.1 Å². The number of carbonyl (C=O) groups excluding carboxylic acids is 4. The van der Waals surface area contributed by atoms with Crippen molar-refractivity contribution in [3.8, 4) is 71.0 Å². The summed E-state index contributed by atoms with van der Waals surface area (Å²) in [5.41, 5.74) is 8.53. The molecule has 394 valence electrons. The predicted molar refractivity (Wildman–Crippen MR) is 338 cm³/mol. The minimum absolute atomic E-state index is 0.0645. The topological polar surface area (TPSA) is 120 Å². The number of halogens is 2. The highest BCUT2D eigenvalue weighted by molar-refractivity contribution is 7.30. The number of aromatic nitrogens is 4. The van der Waals surface area contributed by atoms with Crippen LogP contribution < -0.4 is 0 Å². The van der Waals surface area contributed by atoms with E-state index in [4.69, 9.17) is 4.37 Å². The van der Waals surface area contributed by atoms with E-state index < -0.39 is 5.82 Å². The van der Waals surface area contributed by atoms with Crippen molar-refractivity contribution >= 4 is 200 Å². The molecule has 0 radical (unpaired) electrons. The first-order chi connectivity index (χ1) is 38.4. The van der Waals surface area contributed by atoms with Gasteiger partial charge in [-0.2, -0.15) is 17.5 Å². The van der Waals surface area contributed by atoms with Gasteiger partial charge in [0.05, 0.1) is 34.6 Å². The van der Waals surface area contributed by atoms with Crippen LogP contribution in [0.5, 0.6) is 0 Å². The zero-order chi connectivity index (χ0) is 55.5. The van der Waals surface area contributed by atoms with Gasteiger partial charge in [-0.3, -0.25) is 19.2 Å². The van der Waals surface area contributed by atoms with Crippen molar-refractivity contribution in [2.24, 2.45) is 0 Å².